The summed E-state index contributed by atoms with van der Waals surface area (Å²) < 4.78 is 6.03. The monoisotopic (exact) mass is 708 g/mol. The summed E-state index contributed by atoms with van der Waals surface area (Å²) in [4.78, 5) is 54.9. The van der Waals surface area contributed by atoms with Crippen molar-refractivity contribution >= 4 is 30.1 Å². The molecule has 284 valence electrons. The van der Waals surface area contributed by atoms with Gasteiger partial charge in [-0.2, -0.15) is 0 Å². The number of ketones is 1. The van der Waals surface area contributed by atoms with Crippen molar-refractivity contribution in [1.82, 2.24) is 15.3 Å². The standard InChI is InChI=1S/C34H50N4O3.C6H10O2.CH4O/c1-20(2)28-24(39)16-34(38-30(40)37-21-17-35-19-36-18-21)15-10-23-22(29(28)34)8-9-26-32(23,5)13-11-25-31(3,4)27(41-7)12-14-33(25,26)6;1-6(2,5-8)3-4-7;1-2/h17-20,22-23,25-27H,8-16H2,1-7H3,(H2,37,38,40);4-5H,3H2,1-2H3;2H,1H3. The normalized spacial score (nSPS) is 35.0. The Bertz CT molecular complexity index is 1460. The fourth-order valence-electron chi connectivity index (χ4n) is 11.8. The summed E-state index contributed by atoms with van der Waals surface area (Å²) in [7, 11) is 2.90. The number of carbonyl (C=O) groups is 4. The van der Waals surface area contributed by atoms with Gasteiger partial charge in [0.05, 0.1) is 29.7 Å². The van der Waals surface area contributed by atoms with Crippen LogP contribution in [0.3, 0.4) is 0 Å². The molecule has 8 unspecified atom stereocenters. The topological polar surface area (TPSA) is 148 Å². The average Bonchev–Trinajstić information content (AvgIpc) is 3.37. The fraction of sp³-hybridized carbons (Fsp3) is 0.756. The van der Waals surface area contributed by atoms with Crippen LogP contribution in [0.5, 0.6) is 0 Å². The van der Waals surface area contributed by atoms with Crippen LogP contribution in [0.1, 0.15) is 120 Å². The highest BCUT2D eigenvalue weighted by Gasteiger charge is 2.66. The van der Waals surface area contributed by atoms with Crippen molar-refractivity contribution in [3.8, 4) is 0 Å². The zero-order chi connectivity index (χ0) is 38.0. The second-order valence-electron chi connectivity index (χ2n) is 17.9. The van der Waals surface area contributed by atoms with Gasteiger partial charge in [-0.25, -0.2) is 14.8 Å². The lowest BCUT2D eigenvalue weighted by Crippen LogP contribution is -2.64. The predicted octanol–water partition coefficient (Wildman–Crippen LogP) is 7.37. The molecule has 5 aliphatic rings. The van der Waals surface area contributed by atoms with E-state index in [1.165, 1.54) is 37.6 Å². The minimum atomic E-state index is -0.597. The predicted molar refractivity (Wildman–Crippen MR) is 199 cm³/mol. The molecule has 4 saturated carbocycles. The van der Waals surface area contributed by atoms with Gasteiger partial charge >= 0.3 is 6.03 Å². The minimum Gasteiger partial charge on any atom is -0.400 e. The Morgan fingerprint density at radius 1 is 0.980 bits per heavy atom. The van der Waals surface area contributed by atoms with Gasteiger partial charge in [0.2, 0.25) is 0 Å². The van der Waals surface area contributed by atoms with Crippen molar-refractivity contribution < 1.29 is 29.0 Å². The molecule has 1 aromatic rings. The Kier molecular flexibility index (Phi) is 12.4. The van der Waals surface area contributed by atoms with E-state index in [1.54, 1.807) is 26.2 Å². The number of hydrogen-bond donors (Lipinski definition) is 3. The van der Waals surface area contributed by atoms with Crippen LogP contribution < -0.4 is 10.6 Å². The highest BCUT2D eigenvalue weighted by Crippen LogP contribution is 2.72. The Labute approximate surface area is 305 Å². The van der Waals surface area contributed by atoms with Gasteiger partial charge in [-0.3, -0.25) is 4.79 Å². The molecule has 0 saturated heterocycles. The summed E-state index contributed by atoms with van der Waals surface area (Å²) in [5, 5.41) is 13.3. The number of urea groups is 1. The smallest absolute Gasteiger partial charge is 0.320 e. The number of aliphatic hydroxyl groups excluding tert-OH is 1. The number of hydrogen-bond acceptors (Lipinski definition) is 8. The van der Waals surface area contributed by atoms with Crippen LogP contribution in [-0.4, -0.2) is 65.3 Å². The Hall–Kier alpha value is -2.98. The molecule has 2 amide bonds. The van der Waals surface area contributed by atoms with Crippen LogP contribution in [0.2, 0.25) is 0 Å². The number of Topliss-reactive ketones (excluding diaryl/α,β-unsaturated/α-hetero) is 1. The van der Waals surface area contributed by atoms with E-state index in [2.05, 4.69) is 62.1 Å². The maximum atomic E-state index is 13.7. The van der Waals surface area contributed by atoms with Crippen molar-refractivity contribution in [2.24, 2.45) is 51.2 Å². The molecule has 0 aliphatic heterocycles. The van der Waals surface area contributed by atoms with Gasteiger partial charge in [0.1, 0.15) is 18.9 Å². The second-order valence-corrected chi connectivity index (χ2v) is 17.9. The molecular formula is C41H64N4O6. The van der Waals surface area contributed by atoms with Crippen LogP contribution in [-0.2, 0) is 19.1 Å². The number of methoxy groups -OCH3 is 1. The van der Waals surface area contributed by atoms with Crippen molar-refractivity contribution in [2.45, 2.75) is 131 Å². The van der Waals surface area contributed by atoms with E-state index in [0.717, 1.165) is 50.9 Å². The van der Waals surface area contributed by atoms with E-state index in [-0.39, 0.29) is 28.6 Å². The molecule has 10 nitrogen and oxygen atoms in total. The van der Waals surface area contributed by atoms with E-state index in [0.29, 0.717) is 53.7 Å². The zero-order valence-electron chi connectivity index (χ0n) is 32.8. The van der Waals surface area contributed by atoms with Crippen molar-refractivity contribution in [3.63, 3.8) is 0 Å². The molecule has 0 aromatic carbocycles. The molecule has 0 radical (unpaired) electrons. The van der Waals surface area contributed by atoms with Gasteiger partial charge in [0.15, 0.2) is 5.78 Å². The van der Waals surface area contributed by atoms with Gasteiger partial charge in [-0.15, -0.1) is 0 Å². The van der Waals surface area contributed by atoms with E-state index in [4.69, 9.17) is 9.84 Å². The number of allylic oxidation sites excluding steroid dienone is 1. The Morgan fingerprint density at radius 2 is 1.63 bits per heavy atom. The third-order valence-corrected chi connectivity index (χ3v) is 13.9. The number of aromatic nitrogens is 2. The van der Waals surface area contributed by atoms with Crippen molar-refractivity contribution in [3.05, 3.63) is 29.9 Å². The first kappa shape index (κ1) is 40.8. The number of rotatable bonds is 7. The lowest BCUT2D eigenvalue weighted by Gasteiger charge is -2.69. The molecule has 1 aromatic heterocycles. The van der Waals surface area contributed by atoms with Gasteiger partial charge in [-0.1, -0.05) is 55.4 Å². The first-order valence-electron chi connectivity index (χ1n) is 19.0. The first-order valence-corrected chi connectivity index (χ1v) is 19.0. The minimum absolute atomic E-state index is 0.148. The lowest BCUT2D eigenvalue weighted by molar-refractivity contribution is -0.206. The molecule has 0 spiro atoms. The van der Waals surface area contributed by atoms with Gasteiger partial charge < -0.3 is 30.1 Å². The third kappa shape index (κ3) is 7.46. The number of fused-ring (bicyclic) bond motifs is 7. The number of carbonyl (C=O) groups excluding carboxylic acids is 4. The SMILES string of the molecule is CC(C)(C=O)CC=O.CO.COC1CCC2(C)C(CCC3(C)C4CCC5(NC(=O)Nc6cncnc6)CC(=O)C(C(C)C)=C5C4CCC32)C1(C)C. The third-order valence-electron chi connectivity index (χ3n) is 13.9. The van der Waals surface area contributed by atoms with E-state index in [1.807, 2.05) is 7.11 Å². The van der Waals surface area contributed by atoms with E-state index in [9.17, 15) is 19.2 Å². The molecule has 3 N–H and O–H groups in total. The van der Waals surface area contributed by atoms with Gasteiger partial charge in [-0.05, 0) is 108 Å². The molecule has 0 bridgehead atoms. The highest BCUT2D eigenvalue weighted by molar-refractivity contribution is 6.02. The summed E-state index contributed by atoms with van der Waals surface area (Å²) >= 11 is 0. The van der Waals surface area contributed by atoms with Crippen molar-refractivity contribution in [2.75, 3.05) is 19.5 Å². The molecule has 5 aliphatic carbocycles. The van der Waals surface area contributed by atoms with Crippen molar-refractivity contribution in [1.29, 1.82) is 0 Å². The molecule has 1 heterocycles. The Morgan fingerprint density at radius 3 is 2.20 bits per heavy atom. The second kappa shape index (κ2) is 15.6. The average molecular weight is 709 g/mol. The largest absolute Gasteiger partial charge is 0.400 e. The summed E-state index contributed by atoms with van der Waals surface area (Å²) in [6.45, 7) is 17.9. The number of ether oxygens (including phenoxy) is 1. The summed E-state index contributed by atoms with van der Waals surface area (Å²) in [5.74, 6) is 2.59. The number of nitrogens with zero attached hydrogens (tertiary/aromatic N) is 2. The zero-order valence-corrected chi connectivity index (χ0v) is 32.8. The van der Waals surface area contributed by atoms with Crippen LogP contribution in [0, 0.1) is 51.2 Å². The highest BCUT2D eigenvalue weighted by atomic mass is 16.5. The van der Waals surface area contributed by atoms with E-state index >= 15 is 0 Å². The van der Waals surface area contributed by atoms with Gasteiger partial charge in [0.25, 0.3) is 0 Å². The summed E-state index contributed by atoms with van der Waals surface area (Å²) in [6, 6.07) is -0.279. The molecule has 6 rings (SSSR count). The summed E-state index contributed by atoms with van der Waals surface area (Å²) in [6.07, 6.45) is 16.3. The molecule has 4 fully saturated rings. The maximum absolute atomic E-state index is 13.7. The Balaban J connectivity index is 0.000000517. The maximum Gasteiger partial charge on any atom is 0.320 e. The quantitative estimate of drug-likeness (QED) is 0.249. The van der Waals surface area contributed by atoms with Crippen LogP contribution in [0.15, 0.2) is 29.9 Å². The van der Waals surface area contributed by atoms with E-state index < -0.39 is 11.0 Å². The number of nitrogens with one attached hydrogen (secondary N) is 2. The first-order chi connectivity index (χ1) is 24.0. The van der Waals surface area contributed by atoms with Crippen LogP contribution in [0.4, 0.5) is 10.5 Å². The fourth-order valence-corrected chi connectivity index (χ4v) is 11.8. The molecule has 8 atom stereocenters. The molecular weight excluding hydrogens is 644 g/mol. The summed E-state index contributed by atoms with van der Waals surface area (Å²) in [5.41, 5.74) is 2.48. The molecule has 51 heavy (non-hydrogen) atoms. The number of anilines is 1. The van der Waals surface area contributed by atoms with Crippen LogP contribution in [0.25, 0.3) is 0 Å². The number of aldehydes is 2. The number of aliphatic hydroxyl groups is 1. The number of amides is 2. The lowest BCUT2D eigenvalue weighted by atomic mass is 9.37. The van der Waals surface area contributed by atoms with Gasteiger partial charge in [0, 0.05) is 32.5 Å². The van der Waals surface area contributed by atoms with Crippen LogP contribution >= 0.6 is 0 Å². The molecule has 10 heteroatoms.